The van der Waals surface area contributed by atoms with E-state index in [2.05, 4.69) is 36.7 Å². The monoisotopic (exact) mass is 556 g/mol. The van der Waals surface area contributed by atoms with Crippen LogP contribution in [0.4, 0.5) is 5.69 Å². The summed E-state index contributed by atoms with van der Waals surface area (Å²) in [5, 5.41) is 17.4. The van der Waals surface area contributed by atoms with Gasteiger partial charge in [-0.05, 0) is 61.1 Å². The lowest BCUT2D eigenvalue weighted by molar-refractivity contribution is -0.137. The van der Waals surface area contributed by atoms with Crippen molar-refractivity contribution < 1.29 is 29.1 Å². The van der Waals surface area contributed by atoms with Crippen LogP contribution in [-0.2, 0) is 30.6 Å². The Labute approximate surface area is 237 Å². The predicted octanol–water partition coefficient (Wildman–Crippen LogP) is 2.91. The third kappa shape index (κ3) is 10.2. The molecule has 220 valence electrons. The van der Waals surface area contributed by atoms with Crippen molar-refractivity contribution in [3.05, 3.63) is 42.0 Å². The number of hydrogen-bond donors (Lipinski definition) is 4. The number of rotatable bonds is 15. The molecule has 1 aliphatic heterocycles. The van der Waals surface area contributed by atoms with Gasteiger partial charge in [0.15, 0.2) is 0 Å². The number of carbonyl (C=O) groups excluding carboxylic acids is 5. The summed E-state index contributed by atoms with van der Waals surface area (Å²) < 4.78 is 0. The minimum absolute atomic E-state index is 0.0941. The number of anilines is 1. The van der Waals surface area contributed by atoms with Gasteiger partial charge in [-0.3, -0.25) is 28.9 Å². The zero-order chi connectivity index (χ0) is 30.0. The molecule has 0 saturated heterocycles. The van der Waals surface area contributed by atoms with Crippen molar-refractivity contribution in [2.24, 2.45) is 17.3 Å². The van der Waals surface area contributed by atoms with E-state index >= 15 is 0 Å². The lowest BCUT2D eigenvalue weighted by Gasteiger charge is -2.30. The quantitative estimate of drug-likeness (QED) is 0.245. The van der Waals surface area contributed by atoms with Gasteiger partial charge in [-0.2, -0.15) is 0 Å². The van der Waals surface area contributed by atoms with Crippen LogP contribution in [0.5, 0.6) is 0 Å². The molecule has 0 saturated carbocycles. The Kier molecular flexibility index (Phi) is 12.0. The molecule has 3 atom stereocenters. The van der Waals surface area contributed by atoms with Gasteiger partial charge in [0.05, 0.1) is 6.61 Å². The Balaban J connectivity index is 1.80. The van der Waals surface area contributed by atoms with Crippen molar-refractivity contribution in [1.82, 2.24) is 15.5 Å². The molecular weight excluding hydrogens is 512 g/mol. The van der Waals surface area contributed by atoms with Crippen molar-refractivity contribution in [3.8, 4) is 0 Å². The highest BCUT2D eigenvalue weighted by atomic mass is 16.3. The Morgan fingerprint density at radius 2 is 1.52 bits per heavy atom. The van der Waals surface area contributed by atoms with E-state index in [0.717, 1.165) is 12.0 Å². The smallest absolute Gasteiger partial charge is 0.253 e. The third-order valence-corrected chi connectivity index (χ3v) is 7.10. The fourth-order valence-corrected chi connectivity index (χ4v) is 4.68. The number of carbonyl (C=O) groups is 5. The van der Waals surface area contributed by atoms with E-state index in [0.29, 0.717) is 25.1 Å². The van der Waals surface area contributed by atoms with Crippen LogP contribution in [0.3, 0.4) is 0 Å². The summed E-state index contributed by atoms with van der Waals surface area (Å²) in [6.45, 7) is 11.7. The molecule has 2 unspecified atom stereocenters. The van der Waals surface area contributed by atoms with Crippen LogP contribution in [0.15, 0.2) is 36.4 Å². The minimum Gasteiger partial charge on any atom is -0.392 e. The van der Waals surface area contributed by atoms with E-state index in [9.17, 15) is 24.0 Å². The first-order valence-corrected chi connectivity index (χ1v) is 13.9. The molecule has 0 spiro atoms. The summed E-state index contributed by atoms with van der Waals surface area (Å²) in [5.74, 6) is -1.60. The fraction of sp³-hybridized carbons (Fsp3) is 0.567. The van der Waals surface area contributed by atoms with Crippen molar-refractivity contribution in [2.75, 3.05) is 11.9 Å². The molecule has 2 rings (SSSR count). The second-order valence-corrected chi connectivity index (χ2v) is 11.8. The second kappa shape index (κ2) is 14.7. The number of nitrogens with zero attached hydrogens (tertiary/aromatic N) is 1. The van der Waals surface area contributed by atoms with Crippen LogP contribution in [0.25, 0.3) is 0 Å². The fourth-order valence-electron chi connectivity index (χ4n) is 4.68. The maximum absolute atomic E-state index is 12.9. The van der Waals surface area contributed by atoms with E-state index in [1.807, 2.05) is 13.8 Å². The van der Waals surface area contributed by atoms with Crippen molar-refractivity contribution in [3.63, 3.8) is 0 Å². The zero-order valence-electron chi connectivity index (χ0n) is 24.5. The van der Waals surface area contributed by atoms with Gasteiger partial charge in [0.2, 0.25) is 17.7 Å². The number of hydrogen-bond acceptors (Lipinski definition) is 6. The highest BCUT2D eigenvalue weighted by molar-refractivity contribution is 6.12. The van der Waals surface area contributed by atoms with Crippen molar-refractivity contribution in [1.29, 1.82) is 0 Å². The number of aliphatic hydroxyl groups is 1. The molecule has 0 radical (unpaired) electrons. The van der Waals surface area contributed by atoms with Crippen LogP contribution in [0.2, 0.25) is 0 Å². The maximum atomic E-state index is 12.9. The molecule has 1 heterocycles. The van der Waals surface area contributed by atoms with Gasteiger partial charge >= 0.3 is 0 Å². The van der Waals surface area contributed by atoms with Crippen LogP contribution >= 0.6 is 0 Å². The first kappa shape index (κ1) is 32.7. The van der Waals surface area contributed by atoms with Gasteiger partial charge in [-0.25, -0.2) is 0 Å². The van der Waals surface area contributed by atoms with Gasteiger partial charge in [0, 0.05) is 30.8 Å². The van der Waals surface area contributed by atoms with E-state index < -0.39 is 23.9 Å². The largest absolute Gasteiger partial charge is 0.392 e. The Bertz CT molecular complexity index is 1080. The molecule has 40 heavy (non-hydrogen) atoms. The van der Waals surface area contributed by atoms with E-state index in [4.69, 9.17) is 5.11 Å². The summed E-state index contributed by atoms with van der Waals surface area (Å²) in [6, 6.07) is 5.12. The number of aliphatic hydroxyl groups excluding tert-OH is 1. The molecule has 1 aromatic rings. The molecule has 0 fully saturated rings. The number of nitrogens with one attached hydrogen (secondary N) is 3. The lowest BCUT2D eigenvalue weighted by atomic mass is 9.79. The molecule has 0 bridgehead atoms. The Morgan fingerprint density at radius 1 is 0.925 bits per heavy atom. The maximum Gasteiger partial charge on any atom is 0.253 e. The van der Waals surface area contributed by atoms with Crippen LogP contribution in [-0.4, -0.2) is 58.2 Å². The average molecular weight is 557 g/mol. The molecule has 0 aromatic heterocycles. The van der Waals surface area contributed by atoms with E-state index in [1.54, 1.807) is 31.2 Å². The van der Waals surface area contributed by atoms with Crippen LogP contribution in [0.1, 0.15) is 72.8 Å². The number of imide groups is 1. The molecular formula is C30H44N4O6. The summed E-state index contributed by atoms with van der Waals surface area (Å²) in [5.41, 5.74) is 1.14. The standard InChI is InChI=1S/C30H44N4O6/c1-19(2)27(29(40)31-21(4)28(39)32-23-10-8-22(18-35)9-11-23)33-24(36)12-7-20(3)17-30(5,6)15-16-34-25(37)13-14-26(34)38/h8-11,13-14,19-21,27,35H,7,12,15-18H2,1-6H3,(H,31,40)(H,32,39)(H,33,36)/t20?,21-,27?/m0/s1. The third-order valence-electron chi connectivity index (χ3n) is 7.10. The zero-order valence-corrected chi connectivity index (χ0v) is 24.5. The van der Waals surface area contributed by atoms with Crippen molar-refractivity contribution >= 4 is 35.2 Å². The molecule has 4 N–H and O–H groups in total. The topological polar surface area (TPSA) is 145 Å². The molecule has 0 aliphatic carbocycles. The Hall–Kier alpha value is -3.53. The normalized spacial score (nSPS) is 15.7. The Morgan fingerprint density at radius 3 is 2.08 bits per heavy atom. The highest BCUT2D eigenvalue weighted by Gasteiger charge is 2.29. The SMILES string of the molecule is CC(CCC(=O)NC(C(=O)N[C@@H](C)C(=O)Nc1ccc(CO)cc1)C(C)C)CC(C)(C)CCN1C(=O)C=CC1=O. The minimum atomic E-state index is -0.827. The second-order valence-electron chi connectivity index (χ2n) is 11.8. The van der Waals surface area contributed by atoms with Gasteiger partial charge < -0.3 is 21.1 Å². The molecule has 10 heteroatoms. The summed E-state index contributed by atoms with van der Waals surface area (Å²) in [7, 11) is 0. The summed E-state index contributed by atoms with van der Waals surface area (Å²) >= 11 is 0. The first-order valence-electron chi connectivity index (χ1n) is 13.9. The van der Waals surface area contributed by atoms with Crippen LogP contribution in [0, 0.1) is 17.3 Å². The molecule has 1 aliphatic rings. The average Bonchev–Trinajstić information content (AvgIpc) is 3.21. The molecule has 1 aromatic carbocycles. The number of benzene rings is 1. The summed E-state index contributed by atoms with van der Waals surface area (Å²) in [4.78, 5) is 63.1. The van der Waals surface area contributed by atoms with Crippen LogP contribution < -0.4 is 16.0 Å². The van der Waals surface area contributed by atoms with Gasteiger partial charge in [0.25, 0.3) is 11.8 Å². The van der Waals surface area contributed by atoms with E-state index in [-0.39, 0.29) is 48.0 Å². The number of amides is 5. The van der Waals surface area contributed by atoms with Gasteiger partial charge in [0.1, 0.15) is 12.1 Å². The van der Waals surface area contributed by atoms with Crippen molar-refractivity contribution in [2.45, 2.75) is 85.9 Å². The van der Waals surface area contributed by atoms with Gasteiger partial charge in [-0.15, -0.1) is 0 Å². The predicted molar refractivity (Wildman–Crippen MR) is 153 cm³/mol. The lowest BCUT2D eigenvalue weighted by Crippen LogP contribution is -2.53. The first-order chi connectivity index (χ1) is 18.7. The molecule has 10 nitrogen and oxygen atoms in total. The van der Waals surface area contributed by atoms with Gasteiger partial charge in [-0.1, -0.05) is 46.8 Å². The highest BCUT2D eigenvalue weighted by Crippen LogP contribution is 2.31. The summed E-state index contributed by atoms with van der Waals surface area (Å²) in [6.07, 6.45) is 4.93. The molecule has 5 amide bonds. The van der Waals surface area contributed by atoms with E-state index in [1.165, 1.54) is 17.1 Å².